The number of methoxy groups -OCH3 is 1. The number of carbonyl (C=O) groups is 1. The Morgan fingerprint density at radius 3 is 2.77 bits per heavy atom. The third-order valence-electron chi connectivity index (χ3n) is 4.55. The highest BCUT2D eigenvalue weighted by Gasteiger charge is 2.31. The number of hydrogen-bond donors (Lipinski definition) is 0. The fourth-order valence-corrected chi connectivity index (χ4v) is 4.28. The topological polar surface area (TPSA) is 56.6 Å². The van der Waals surface area contributed by atoms with E-state index >= 15 is 0 Å². The van der Waals surface area contributed by atoms with E-state index in [-0.39, 0.29) is 5.91 Å². The average Bonchev–Trinajstić information content (AvgIpc) is 3.06. The van der Waals surface area contributed by atoms with Crippen LogP contribution in [0.4, 0.5) is 0 Å². The van der Waals surface area contributed by atoms with Gasteiger partial charge in [-0.2, -0.15) is 5.10 Å². The van der Waals surface area contributed by atoms with Crippen LogP contribution >= 0.6 is 11.8 Å². The lowest BCUT2D eigenvalue weighted by atomic mass is 10.0. The van der Waals surface area contributed by atoms with E-state index in [1.165, 1.54) is 0 Å². The van der Waals surface area contributed by atoms with Crippen molar-refractivity contribution in [3.8, 4) is 0 Å². The summed E-state index contributed by atoms with van der Waals surface area (Å²) >= 11 is 1.68. The number of amides is 1. The first-order valence-corrected chi connectivity index (χ1v) is 9.77. The Bertz CT molecular complexity index is 733. The number of aryl methyl sites for hydroxylation is 1. The number of morpholine rings is 1. The third kappa shape index (κ3) is 3.65. The number of allylic oxidation sites excluding steroid dienone is 3. The SMILES string of the molecule is C=CC1=C(C=C)c2c(c(C(=O)N3CCOCC3)nn2CCCOC)CS1. The predicted molar refractivity (Wildman–Crippen MR) is 104 cm³/mol. The average molecular weight is 375 g/mol. The van der Waals surface area contributed by atoms with Gasteiger partial charge in [0.25, 0.3) is 5.91 Å². The summed E-state index contributed by atoms with van der Waals surface area (Å²) < 4.78 is 12.5. The molecular weight excluding hydrogens is 350 g/mol. The second-order valence-corrected chi connectivity index (χ2v) is 7.14. The molecule has 2 aliphatic heterocycles. The molecule has 0 saturated carbocycles. The molecule has 0 radical (unpaired) electrons. The minimum absolute atomic E-state index is 0.0129. The Hall–Kier alpha value is -1.83. The van der Waals surface area contributed by atoms with Crippen molar-refractivity contribution in [1.29, 1.82) is 0 Å². The number of hydrogen-bond acceptors (Lipinski definition) is 5. The van der Waals surface area contributed by atoms with Gasteiger partial charge in [-0.25, -0.2) is 0 Å². The molecule has 0 N–H and O–H groups in total. The third-order valence-corrected chi connectivity index (χ3v) is 5.68. The number of fused-ring (bicyclic) bond motifs is 1. The molecular formula is C19H25N3O3S. The van der Waals surface area contributed by atoms with Crippen LogP contribution in [-0.2, 0) is 21.8 Å². The van der Waals surface area contributed by atoms with Gasteiger partial charge in [-0.15, -0.1) is 11.8 Å². The lowest BCUT2D eigenvalue weighted by Gasteiger charge is -2.26. The molecule has 0 aromatic carbocycles. The van der Waals surface area contributed by atoms with Gasteiger partial charge in [0.15, 0.2) is 5.69 Å². The summed E-state index contributed by atoms with van der Waals surface area (Å²) in [5.41, 5.74) is 3.53. The molecule has 0 aliphatic carbocycles. The first-order chi connectivity index (χ1) is 12.7. The zero-order valence-electron chi connectivity index (χ0n) is 15.2. The van der Waals surface area contributed by atoms with Gasteiger partial charge in [0.1, 0.15) is 0 Å². The molecule has 1 saturated heterocycles. The van der Waals surface area contributed by atoms with Gasteiger partial charge in [-0.3, -0.25) is 9.48 Å². The number of aromatic nitrogens is 2. The van der Waals surface area contributed by atoms with E-state index in [9.17, 15) is 4.79 Å². The van der Waals surface area contributed by atoms with Crippen LogP contribution in [0, 0.1) is 0 Å². The highest BCUT2D eigenvalue weighted by molar-refractivity contribution is 8.02. The van der Waals surface area contributed by atoms with E-state index < -0.39 is 0 Å². The maximum Gasteiger partial charge on any atom is 0.274 e. The summed E-state index contributed by atoms with van der Waals surface area (Å²) in [6, 6.07) is 0. The van der Waals surface area contributed by atoms with Crippen molar-refractivity contribution in [3.05, 3.63) is 47.2 Å². The zero-order valence-corrected chi connectivity index (χ0v) is 16.0. The van der Waals surface area contributed by atoms with E-state index in [4.69, 9.17) is 14.6 Å². The van der Waals surface area contributed by atoms with Crippen LogP contribution in [0.1, 0.15) is 28.2 Å². The highest BCUT2D eigenvalue weighted by Crippen LogP contribution is 2.40. The van der Waals surface area contributed by atoms with Gasteiger partial charge in [0, 0.05) is 55.1 Å². The molecule has 3 rings (SSSR count). The number of ether oxygens (including phenoxy) is 2. The molecule has 0 atom stereocenters. The van der Waals surface area contributed by atoms with Crippen LogP contribution < -0.4 is 0 Å². The Morgan fingerprint density at radius 1 is 1.35 bits per heavy atom. The fourth-order valence-electron chi connectivity index (χ4n) is 3.26. The van der Waals surface area contributed by atoms with E-state index in [1.54, 1.807) is 18.9 Å². The van der Waals surface area contributed by atoms with Crippen LogP contribution in [0.2, 0.25) is 0 Å². The Labute approximate surface area is 158 Å². The number of nitrogens with zero attached hydrogens (tertiary/aromatic N) is 3. The number of carbonyl (C=O) groups excluding carboxylic acids is 1. The highest BCUT2D eigenvalue weighted by atomic mass is 32.2. The van der Waals surface area contributed by atoms with E-state index in [2.05, 4.69) is 13.2 Å². The standard InChI is InChI=1S/C19H25N3O3S/c1-4-14-16(5-2)26-13-15-17(19(23)21-8-11-25-12-9-21)20-22(18(14)15)7-6-10-24-3/h4-5H,1-2,6-13H2,3H3. The second-order valence-electron chi connectivity index (χ2n) is 6.12. The molecule has 1 aromatic rings. The van der Waals surface area contributed by atoms with Gasteiger partial charge in [0.05, 0.1) is 18.9 Å². The molecule has 26 heavy (non-hydrogen) atoms. The molecule has 140 valence electrons. The molecule has 1 aromatic heterocycles. The summed E-state index contributed by atoms with van der Waals surface area (Å²) in [6.45, 7) is 11.6. The number of thioether (sulfide) groups is 1. The molecule has 0 unspecified atom stereocenters. The van der Waals surface area contributed by atoms with Crippen LogP contribution in [0.3, 0.4) is 0 Å². The van der Waals surface area contributed by atoms with E-state index in [1.807, 2.05) is 21.7 Å². The zero-order chi connectivity index (χ0) is 18.5. The lowest BCUT2D eigenvalue weighted by molar-refractivity contribution is 0.0298. The second kappa shape index (κ2) is 8.70. The van der Waals surface area contributed by atoms with E-state index in [0.29, 0.717) is 50.9 Å². The molecule has 1 amide bonds. The first kappa shape index (κ1) is 18.9. The smallest absolute Gasteiger partial charge is 0.274 e. The largest absolute Gasteiger partial charge is 0.385 e. The normalized spacial score (nSPS) is 17.2. The summed E-state index contributed by atoms with van der Waals surface area (Å²) in [7, 11) is 1.69. The molecule has 6 nitrogen and oxygen atoms in total. The predicted octanol–water partition coefficient (Wildman–Crippen LogP) is 2.72. The van der Waals surface area contributed by atoms with Crippen LogP contribution in [0.25, 0.3) is 5.57 Å². The lowest BCUT2D eigenvalue weighted by Crippen LogP contribution is -2.41. The van der Waals surface area contributed by atoms with Gasteiger partial charge >= 0.3 is 0 Å². The van der Waals surface area contributed by atoms with Gasteiger partial charge < -0.3 is 14.4 Å². The first-order valence-electron chi connectivity index (χ1n) is 8.79. The van der Waals surface area contributed by atoms with E-state index in [0.717, 1.165) is 28.2 Å². The van der Waals surface area contributed by atoms with Crippen LogP contribution in [0.15, 0.2) is 30.2 Å². The van der Waals surface area contributed by atoms with Crippen LogP contribution in [0.5, 0.6) is 0 Å². The van der Waals surface area contributed by atoms with Crippen molar-refractivity contribution in [2.24, 2.45) is 0 Å². The molecule has 7 heteroatoms. The minimum Gasteiger partial charge on any atom is -0.385 e. The maximum absolute atomic E-state index is 13.1. The van der Waals surface area contributed by atoms with Crippen molar-refractivity contribution in [3.63, 3.8) is 0 Å². The van der Waals surface area contributed by atoms with Crippen molar-refractivity contribution >= 4 is 23.2 Å². The van der Waals surface area contributed by atoms with Crippen molar-refractivity contribution in [2.45, 2.75) is 18.7 Å². The molecule has 1 fully saturated rings. The quantitative estimate of drug-likeness (QED) is 0.686. The Morgan fingerprint density at radius 2 is 2.12 bits per heavy atom. The molecule has 0 bridgehead atoms. The summed E-state index contributed by atoms with van der Waals surface area (Å²) in [5, 5.41) is 4.71. The number of rotatable bonds is 7. The van der Waals surface area contributed by atoms with Crippen molar-refractivity contribution in [1.82, 2.24) is 14.7 Å². The Kier molecular flexibility index (Phi) is 6.34. The fraction of sp³-hybridized carbons (Fsp3) is 0.474. The molecule has 3 heterocycles. The summed E-state index contributed by atoms with van der Waals surface area (Å²) in [4.78, 5) is 16.0. The summed E-state index contributed by atoms with van der Waals surface area (Å²) in [5.74, 6) is 0.699. The van der Waals surface area contributed by atoms with Gasteiger partial charge in [-0.1, -0.05) is 25.3 Å². The minimum atomic E-state index is -0.0129. The monoisotopic (exact) mass is 375 g/mol. The maximum atomic E-state index is 13.1. The molecule has 2 aliphatic rings. The molecule has 0 spiro atoms. The van der Waals surface area contributed by atoms with Crippen molar-refractivity contribution < 1.29 is 14.3 Å². The van der Waals surface area contributed by atoms with Gasteiger partial charge in [-0.05, 0) is 6.42 Å². The Balaban J connectivity index is 2.01. The van der Waals surface area contributed by atoms with Crippen molar-refractivity contribution in [2.75, 3.05) is 40.0 Å². The summed E-state index contributed by atoms with van der Waals surface area (Å²) in [6.07, 6.45) is 4.51. The van der Waals surface area contributed by atoms with Gasteiger partial charge in [0.2, 0.25) is 0 Å². The van der Waals surface area contributed by atoms with Crippen LogP contribution in [-0.4, -0.2) is 60.6 Å².